The summed E-state index contributed by atoms with van der Waals surface area (Å²) in [4.78, 5) is 10.9. The molecule has 1 aromatic rings. The van der Waals surface area contributed by atoms with Crippen molar-refractivity contribution in [1.82, 2.24) is 5.48 Å². The quantitative estimate of drug-likeness (QED) is 0.393. The van der Waals surface area contributed by atoms with Crippen molar-refractivity contribution in [1.29, 1.82) is 0 Å². The van der Waals surface area contributed by atoms with Crippen molar-refractivity contribution >= 4 is 5.97 Å². The smallest absolute Gasteiger partial charge is 0.327 e. The molecule has 0 aliphatic carbocycles. The molecular weight excluding hydrogens is 278 g/mol. The zero-order valence-electron chi connectivity index (χ0n) is 13.6. The van der Waals surface area contributed by atoms with Gasteiger partial charge in [0.25, 0.3) is 0 Å². The lowest BCUT2D eigenvalue weighted by molar-refractivity contribution is -0.142. The SMILES string of the molecule is CCCCCCCCCCc1ccc(C(NO)C(=O)O)cc1. The zero-order valence-corrected chi connectivity index (χ0v) is 13.6. The maximum absolute atomic E-state index is 10.9. The second-order valence-electron chi connectivity index (χ2n) is 5.87. The normalized spacial score (nSPS) is 12.3. The topological polar surface area (TPSA) is 69.6 Å². The summed E-state index contributed by atoms with van der Waals surface area (Å²) in [7, 11) is 0. The van der Waals surface area contributed by atoms with Crippen LogP contribution in [-0.2, 0) is 11.2 Å². The third-order valence-electron chi connectivity index (χ3n) is 4.01. The Balaban J connectivity index is 2.23. The van der Waals surface area contributed by atoms with Gasteiger partial charge in [-0.05, 0) is 24.0 Å². The summed E-state index contributed by atoms with van der Waals surface area (Å²) in [5.41, 5.74) is 3.60. The van der Waals surface area contributed by atoms with E-state index in [4.69, 9.17) is 10.3 Å². The fourth-order valence-electron chi connectivity index (χ4n) is 2.61. The predicted molar refractivity (Wildman–Crippen MR) is 88.1 cm³/mol. The lowest BCUT2D eigenvalue weighted by Gasteiger charge is -2.11. The fourth-order valence-corrected chi connectivity index (χ4v) is 2.61. The third kappa shape index (κ3) is 7.05. The van der Waals surface area contributed by atoms with Crippen molar-refractivity contribution in [2.45, 2.75) is 70.8 Å². The first-order chi connectivity index (χ1) is 10.7. The van der Waals surface area contributed by atoms with E-state index in [0.717, 1.165) is 6.42 Å². The summed E-state index contributed by atoms with van der Waals surface area (Å²) in [5, 5.41) is 17.8. The Bertz CT molecular complexity index is 417. The molecule has 0 heterocycles. The summed E-state index contributed by atoms with van der Waals surface area (Å²) in [5.74, 6) is -1.08. The van der Waals surface area contributed by atoms with Gasteiger partial charge in [0.05, 0.1) is 0 Å². The highest BCUT2D eigenvalue weighted by atomic mass is 16.5. The highest BCUT2D eigenvalue weighted by Gasteiger charge is 2.17. The van der Waals surface area contributed by atoms with Crippen molar-refractivity contribution in [3.8, 4) is 0 Å². The van der Waals surface area contributed by atoms with Crippen molar-refractivity contribution in [2.75, 3.05) is 0 Å². The van der Waals surface area contributed by atoms with E-state index >= 15 is 0 Å². The number of aryl methyl sites for hydroxylation is 1. The molecule has 1 aromatic carbocycles. The van der Waals surface area contributed by atoms with Crippen molar-refractivity contribution in [2.24, 2.45) is 0 Å². The van der Waals surface area contributed by atoms with Crippen LogP contribution in [0.2, 0.25) is 0 Å². The van der Waals surface area contributed by atoms with Gasteiger partial charge in [0, 0.05) is 0 Å². The molecule has 0 amide bonds. The van der Waals surface area contributed by atoms with Crippen LogP contribution in [0, 0.1) is 0 Å². The average molecular weight is 307 g/mol. The Morgan fingerprint density at radius 3 is 2.05 bits per heavy atom. The van der Waals surface area contributed by atoms with Crippen LogP contribution in [0.1, 0.15) is 75.5 Å². The number of nitrogens with one attached hydrogen (secondary N) is 1. The Morgan fingerprint density at radius 2 is 1.55 bits per heavy atom. The monoisotopic (exact) mass is 307 g/mol. The van der Waals surface area contributed by atoms with E-state index in [2.05, 4.69) is 6.92 Å². The van der Waals surface area contributed by atoms with Crippen LogP contribution in [0.4, 0.5) is 0 Å². The van der Waals surface area contributed by atoms with Gasteiger partial charge in [-0.2, -0.15) is 5.48 Å². The minimum atomic E-state index is -1.08. The van der Waals surface area contributed by atoms with Crippen LogP contribution >= 0.6 is 0 Å². The van der Waals surface area contributed by atoms with E-state index in [0.29, 0.717) is 5.56 Å². The van der Waals surface area contributed by atoms with E-state index in [1.165, 1.54) is 56.9 Å². The molecule has 1 atom stereocenters. The van der Waals surface area contributed by atoms with Gasteiger partial charge in [-0.1, -0.05) is 76.1 Å². The molecule has 0 fully saturated rings. The van der Waals surface area contributed by atoms with Crippen LogP contribution < -0.4 is 5.48 Å². The number of benzene rings is 1. The first-order valence-corrected chi connectivity index (χ1v) is 8.40. The fraction of sp³-hybridized carbons (Fsp3) is 0.611. The number of hydroxylamine groups is 1. The maximum atomic E-state index is 10.9. The Labute approximate surface area is 133 Å². The van der Waals surface area contributed by atoms with Gasteiger partial charge in [-0.25, -0.2) is 0 Å². The molecule has 124 valence electrons. The first kappa shape index (κ1) is 18.7. The van der Waals surface area contributed by atoms with Crippen molar-refractivity contribution in [3.05, 3.63) is 35.4 Å². The molecule has 0 aromatic heterocycles. The van der Waals surface area contributed by atoms with Crippen LogP contribution in [0.15, 0.2) is 24.3 Å². The summed E-state index contributed by atoms with van der Waals surface area (Å²) < 4.78 is 0. The Kier molecular flexibility index (Phi) is 9.51. The highest BCUT2D eigenvalue weighted by molar-refractivity contribution is 5.75. The van der Waals surface area contributed by atoms with Gasteiger partial charge in [0.15, 0.2) is 6.04 Å². The number of hydrogen-bond donors (Lipinski definition) is 3. The Hall–Kier alpha value is -1.39. The maximum Gasteiger partial charge on any atom is 0.327 e. The molecule has 0 bridgehead atoms. The number of rotatable bonds is 12. The van der Waals surface area contributed by atoms with Crippen LogP contribution in [0.25, 0.3) is 0 Å². The number of unbranched alkanes of at least 4 members (excludes halogenated alkanes) is 7. The summed E-state index contributed by atoms with van der Waals surface area (Å²) in [6, 6.07) is 6.37. The first-order valence-electron chi connectivity index (χ1n) is 8.40. The summed E-state index contributed by atoms with van der Waals surface area (Å²) in [6.45, 7) is 2.24. The zero-order chi connectivity index (χ0) is 16.2. The van der Waals surface area contributed by atoms with E-state index in [-0.39, 0.29) is 0 Å². The van der Waals surface area contributed by atoms with Crippen LogP contribution in [-0.4, -0.2) is 16.3 Å². The lowest BCUT2D eigenvalue weighted by Crippen LogP contribution is -2.25. The standard InChI is InChI=1S/C18H29NO3/c1-2-3-4-5-6-7-8-9-10-15-11-13-16(14-12-15)17(19-22)18(20)21/h11-14,17,19,22H,2-10H2,1H3,(H,20,21). The predicted octanol–water partition coefficient (Wildman–Crippen LogP) is 4.47. The van der Waals surface area contributed by atoms with Crippen LogP contribution in [0.3, 0.4) is 0 Å². The molecule has 22 heavy (non-hydrogen) atoms. The van der Waals surface area contributed by atoms with Gasteiger partial charge < -0.3 is 10.3 Å². The van der Waals surface area contributed by atoms with E-state index in [1.807, 2.05) is 17.6 Å². The minimum absolute atomic E-state index is 0.565. The molecule has 0 aliphatic rings. The molecule has 4 heteroatoms. The van der Waals surface area contributed by atoms with Gasteiger partial charge >= 0.3 is 5.97 Å². The van der Waals surface area contributed by atoms with Gasteiger partial charge in [-0.15, -0.1) is 0 Å². The van der Waals surface area contributed by atoms with E-state index in [9.17, 15) is 4.79 Å². The average Bonchev–Trinajstić information content (AvgIpc) is 2.52. The largest absolute Gasteiger partial charge is 0.480 e. The van der Waals surface area contributed by atoms with E-state index in [1.54, 1.807) is 12.1 Å². The molecule has 0 saturated carbocycles. The van der Waals surface area contributed by atoms with Gasteiger partial charge in [0.1, 0.15) is 0 Å². The molecule has 3 N–H and O–H groups in total. The van der Waals surface area contributed by atoms with Gasteiger partial charge in [-0.3, -0.25) is 4.79 Å². The number of carboxylic acids is 1. The third-order valence-corrected chi connectivity index (χ3v) is 4.01. The summed E-state index contributed by atoms with van der Waals surface area (Å²) in [6.07, 6.45) is 11.5. The minimum Gasteiger partial charge on any atom is -0.480 e. The summed E-state index contributed by atoms with van der Waals surface area (Å²) >= 11 is 0. The lowest BCUT2D eigenvalue weighted by atomic mass is 10.0. The second-order valence-corrected chi connectivity index (χ2v) is 5.87. The highest BCUT2D eigenvalue weighted by Crippen LogP contribution is 2.16. The Morgan fingerprint density at radius 1 is 1.00 bits per heavy atom. The number of carbonyl (C=O) groups is 1. The molecule has 4 nitrogen and oxygen atoms in total. The molecule has 0 saturated heterocycles. The number of carboxylic acid groups (broad SMARTS) is 1. The van der Waals surface area contributed by atoms with Crippen molar-refractivity contribution in [3.63, 3.8) is 0 Å². The van der Waals surface area contributed by atoms with E-state index < -0.39 is 12.0 Å². The molecule has 0 spiro atoms. The van der Waals surface area contributed by atoms with Gasteiger partial charge in [0.2, 0.25) is 0 Å². The molecule has 1 unspecified atom stereocenters. The number of aliphatic carboxylic acids is 1. The number of hydrogen-bond acceptors (Lipinski definition) is 3. The second kappa shape index (κ2) is 11.2. The molecule has 0 radical (unpaired) electrons. The molecular formula is C18H29NO3. The van der Waals surface area contributed by atoms with Crippen LogP contribution in [0.5, 0.6) is 0 Å². The molecule has 0 aliphatic heterocycles. The van der Waals surface area contributed by atoms with Crippen molar-refractivity contribution < 1.29 is 15.1 Å². The molecule has 1 rings (SSSR count).